The van der Waals surface area contributed by atoms with Crippen molar-refractivity contribution >= 4 is 10.9 Å². The molecule has 1 fully saturated rings. The van der Waals surface area contributed by atoms with E-state index in [0.29, 0.717) is 18.0 Å². The average molecular weight is 337 g/mol. The van der Waals surface area contributed by atoms with Gasteiger partial charge >= 0.3 is 0 Å². The standard InChI is InChI=1S/C20H23N3O2/c1-14-3-5-16(6-4-14)13-22-15(2)11-19-18(20(22)24)12-21-23(19)17-7-9-25-10-8-17/h3-6,11-12,17H,7-10,13H2,1-2H3. The van der Waals surface area contributed by atoms with Crippen LogP contribution in [0.5, 0.6) is 0 Å². The van der Waals surface area contributed by atoms with E-state index in [0.717, 1.165) is 42.8 Å². The molecule has 5 nitrogen and oxygen atoms in total. The molecule has 0 amide bonds. The Kier molecular flexibility index (Phi) is 4.17. The molecular formula is C20H23N3O2. The van der Waals surface area contributed by atoms with Crippen LogP contribution in [-0.2, 0) is 11.3 Å². The van der Waals surface area contributed by atoms with Gasteiger partial charge in [0.2, 0.25) is 0 Å². The minimum atomic E-state index is 0.0360. The Morgan fingerprint density at radius 2 is 1.88 bits per heavy atom. The third kappa shape index (κ3) is 3.00. The number of pyridine rings is 1. The third-order valence-corrected chi connectivity index (χ3v) is 5.08. The molecular weight excluding hydrogens is 314 g/mol. The van der Waals surface area contributed by atoms with Crippen LogP contribution in [0, 0.1) is 13.8 Å². The molecule has 0 N–H and O–H groups in total. The summed E-state index contributed by atoms with van der Waals surface area (Å²) in [5.74, 6) is 0. The number of ether oxygens (including phenoxy) is 1. The van der Waals surface area contributed by atoms with Gasteiger partial charge in [0.25, 0.3) is 5.56 Å². The van der Waals surface area contributed by atoms with Gasteiger partial charge in [0, 0.05) is 18.9 Å². The van der Waals surface area contributed by atoms with E-state index >= 15 is 0 Å². The van der Waals surface area contributed by atoms with E-state index in [1.54, 1.807) is 6.20 Å². The maximum Gasteiger partial charge on any atom is 0.262 e. The maximum absolute atomic E-state index is 13.0. The molecule has 4 rings (SSSR count). The minimum Gasteiger partial charge on any atom is -0.381 e. The largest absolute Gasteiger partial charge is 0.381 e. The first-order valence-electron chi connectivity index (χ1n) is 8.84. The number of benzene rings is 1. The van der Waals surface area contributed by atoms with Gasteiger partial charge in [0.05, 0.1) is 29.7 Å². The summed E-state index contributed by atoms with van der Waals surface area (Å²) < 4.78 is 9.30. The smallest absolute Gasteiger partial charge is 0.262 e. The normalized spacial score (nSPS) is 15.8. The van der Waals surface area contributed by atoms with Crippen LogP contribution < -0.4 is 5.56 Å². The van der Waals surface area contributed by atoms with Crippen molar-refractivity contribution in [3.05, 3.63) is 63.7 Å². The summed E-state index contributed by atoms with van der Waals surface area (Å²) in [4.78, 5) is 13.0. The predicted octanol–water partition coefficient (Wildman–Crippen LogP) is 3.21. The van der Waals surface area contributed by atoms with Crippen LogP contribution in [-0.4, -0.2) is 27.6 Å². The van der Waals surface area contributed by atoms with E-state index in [-0.39, 0.29) is 5.56 Å². The summed E-state index contributed by atoms with van der Waals surface area (Å²) >= 11 is 0. The van der Waals surface area contributed by atoms with Crippen molar-refractivity contribution in [1.29, 1.82) is 0 Å². The summed E-state index contributed by atoms with van der Waals surface area (Å²) in [7, 11) is 0. The fraction of sp³-hybridized carbons (Fsp3) is 0.400. The number of rotatable bonds is 3. The highest BCUT2D eigenvalue weighted by atomic mass is 16.5. The zero-order chi connectivity index (χ0) is 17.4. The highest BCUT2D eigenvalue weighted by molar-refractivity contribution is 5.78. The summed E-state index contributed by atoms with van der Waals surface area (Å²) in [6.45, 7) is 6.17. The van der Waals surface area contributed by atoms with Gasteiger partial charge in [0.15, 0.2) is 0 Å². The first-order chi connectivity index (χ1) is 12.1. The Balaban J connectivity index is 1.74. The Morgan fingerprint density at radius 3 is 2.60 bits per heavy atom. The number of hydrogen-bond donors (Lipinski definition) is 0. The van der Waals surface area contributed by atoms with Gasteiger partial charge in [0.1, 0.15) is 0 Å². The van der Waals surface area contributed by atoms with E-state index in [1.807, 2.05) is 16.2 Å². The van der Waals surface area contributed by atoms with Crippen LogP contribution in [0.4, 0.5) is 0 Å². The Morgan fingerprint density at radius 1 is 1.16 bits per heavy atom. The lowest BCUT2D eigenvalue weighted by Crippen LogP contribution is -2.24. The molecule has 5 heteroatoms. The molecule has 2 aromatic heterocycles. The Labute approximate surface area is 146 Å². The van der Waals surface area contributed by atoms with E-state index in [4.69, 9.17) is 4.74 Å². The monoisotopic (exact) mass is 337 g/mol. The van der Waals surface area contributed by atoms with Crippen molar-refractivity contribution < 1.29 is 4.74 Å². The van der Waals surface area contributed by atoms with Crippen molar-refractivity contribution in [2.45, 2.75) is 39.3 Å². The second-order valence-corrected chi connectivity index (χ2v) is 6.89. The summed E-state index contributed by atoms with van der Waals surface area (Å²) in [6.07, 6.45) is 3.61. The Bertz CT molecular complexity index is 947. The van der Waals surface area contributed by atoms with Gasteiger partial charge < -0.3 is 9.30 Å². The molecule has 0 radical (unpaired) electrons. The number of hydrogen-bond acceptors (Lipinski definition) is 3. The van der Waals surface area contributed by atoms with E-state index in [1.165, 1.54) is 5.56 Å². The fourth-order valence-corrected chi connectivity index (χ4v) is 3.55. The van der Waals surface area contributed by atoms with Crippen molar-refractivity contribution in [2.75, 3.05) is 13.2 Å². The lowest BCUT2D eigenvalue weighted by molar-refractivity contribution is 0.0675. The van der Waals surface area contributed by atoms with Crippen molar-refractivity contribution in [1.82, 2.24) is 14.3 Å². The number of aryl methyl sites for hydroxylation is 2. The highest BCUT2D eigenvalue weighted by Gasteiger charge is 2.20. The molecule has 1 aliphatic heterocycles. The molecule has 0 aliphatic carbocycles. The third-order valence-electron chi connectivity index (χ3n) is 5.08. The molecule has 1 saturated heterocycles. The summed E-state index contributed by atoms with van der Waals surface area (Å²) in [5.41, 5.74) is 4.29. The number of fused-ring (bicyclic) bond motifs is 1. The van der Waals surface area contributed by atoms with Crippen LogP contribution >= 0.6 is 0 Å². The van der Waals surface area contributed by atoms with Gasteiger partial charge in [-0.05, 0) is 38.3 Å². The van der Waals surface area contributed by atoms with E-state index in [2.05, 4.69) is 42.4 Å². The summed E-state index contributed by atoms with van der Waals surface area (Å²) in [6, 6.07) is 10.7. The molecule has 0 spiro atoms. The quantitative estimate of drug-likeness (QED) is 0.737. The van der Waals surface area contributed by atoms with Crippen molar-refractivity contribution in [3.8, 4) is 0 Å². The molecule has 130 valence electrons. The van der Waals surface area contributed by atoms with Gasteiger partial charge in [-0.2, -0.15) is 5.10 Å². The average Bonchev–Trinajstić information content (AvgIpc) is 3.05. The van der Waals surface area contributed by atoms with Crippen molar-refractivity contribution in [3.63, 3.8) is 0 Å². The molecule has 25 heavy (non-hydrogen) atoms. The van der Waals surface area contributed by atoms with Gasteiger partial charge in [-0.15, -0.1) is 0 Å². The summed E-state index contributed by atoms with van der Waals surface area (Å²) in [5, 5.41) is 5.23. The van der Waals surface area contributed by atoms with E-state index in [9.17, 15) is 4.79 Å². The lowest BCUT2D eigenvalue weighted by atomic mass is 10.1. The van der Waals surface area contributed by atoms with Crippen LogP contribution in [0.2, 0.25) is 0 Å². The molecule has 3 aromatic rings. The molecule has 0 bridgehead atoms. The van der Waals surface area contributed by atoms with Gasteiger partial charge in [-0.1, -0.05) is 29.8 Å². The van der Waals surface area contributed by atoms with Gasteiger partial charge in [-0.25, -0.2) is 0 Å². The van der Waals surface area contributed by atoms with Crippen LogP contribution in [0.3, 0.4) is 0 Å². The first-order valence-corrected chi connectivity index (χ1v) is 8.84. The molecule has 1 aromatic carbocycles. The first kappa shape index (κ1) is 16.1. The minimum absolute atomic E-state index is 0.0360. The zero-order valence-corrected chi connectivity index (χ0v) is 14.7. The number of aromatic nitrogens is 3. The molecule has 1 aliphatic rings. The molecule has 0 unspecified atom stereocenters. The van der Waals surface area contributed by atoms with Crippen LogP contribution in [0.1, 0.15) is 35.7 Å². The zero-order valence-electron chi connectivity index (χ0n) is 14.7. The molecule has 3 heterocycles. The Hall–Kier alpha value is -2.40. The SMILES string of the molecule is Cc1ccc(Cn2c(C)cc3c(cnn3C3CCOCC3)c2=O)cc1. The topological polar surface area (TPSA) is 49.0 Å². The lowest BCUT2D eigenvalue weighted by Gasteiger charge is -2.23. The van der Waals surface area contributed by atoms with Crippen molar-refractivity contribution in [2.24, 2.45) is 0 Å². The van der Waals surface area contributed by atoms with E-state index < -0.39 is 0 Å². The molecule has 0 atom stereocenters. The number of nitrogens with zero attached hydrogens (tertiary/aromatic N) is 3. The maximum atomic E-state index is 13.0. The van der Waals surface area contributed by atoms with Crippen LogP contribution in [0.15, 0.2) is 41.3 Å². The second kappa shape index (κ2) is 6.48. The van der Waals surface area contributed by atoms with Gasteiger partial charge in [-0.3, -0.25) is 9.48 Å². The fourth-order valence-electron chi connectivity index (χ4n) is 3.55. The van der Waals surface area contributed by atoms with Crippen LogP contribution in [0.25, 0.3) is 10.9 Å². The highest BCUT2D eigenvalue weighted by Crippen LogP contribution is 2.24. The molecule has 0 saturated carbocycles. The second-order valence-electron chi connectivity index (χ2n) is 6.89. The predicted molar refractivity (Wildman–Crippen MR) is 98.1 cm³/mol.